The number of nitrogens with zero attached hydrogens (tertiary/aromatic N) is 2. The molecular weight excluding hydrogens is 246 g/mol. The first-order valence-corrected chi connectivity index (χ1v) is 5.98. The molecule has 2 unspecified atom stereocenters. The van der Waals surface area contributed by atoms with Gasteiger partial charge in [0.05, 0.1) is 6.42 Å². The molecule has 1 aromatic rings. The lowest BCUT2D eigenvalue weighted by molar-refractivity contribution is -0.00754. The molecule has 0 saturated heterocycles. The molecule has 1 heterocycles. The first-order chi connectivity index (χ1) is 8.58. The van der Waals surface area contributed by atoms with E-state index in [0.29, 0.717) is 12.4 Å². The Bertz CT molecular complexity index is 341. The van der Waals surface area contributed by atoms with Crippen LogP contribution in [0.15, 0.2) is 4.52 Å². The zero-order chi connectivity index (χ0) is 13.5. The second-order valence-corrected chi connectivity index (χ2v) is 3.88. The van der Waals surface area contributed by atoms with E-state index in [4.69, 9.17) is 14.4 Å². The number of ether oxygens (including phenoxy) is 1. The SMILES string of the molecule is CCCC(OCC)c1noc(CC(O)C(F)F)n1. The summed E-state index contributed by atoms with van der Waals surface area (Å²) in [6, 6.07) is 0. The van der Waals surface area contributed by atoms with Gasteiger partial charge >= 0.3 is 0 Å². The number of halogens is 2. The molecule has 0 aliphatic carbocycles. The minimum atomic E-state index is -2.82. The smallest absolute Gasteiger partial charge is 0.264 e. The Kier molecular flexibility index (Phi) is 6.14. The molecule has 1 rings (SSSR count). The Hall–Kier alpha value is -1.08. The van der Waals surface area contributed by atoms with Gasteiger partial charge in [-0.3, -0.25) is 0 Å². The summed E-state index contributed by atoms with van der Waals surface area (Å²) in [5.41, 5.74) is 0. The lowest BCUT2D eigenvalue weighted by Crippen LogP contribution is -2.20. The highest BCUT2D eigenvalue weighted by Gasteiger charge is 2.23. The van der Waals surface area contributed by atoms with Crippen molar-refractivity contribution in [1.29, 1.82) is 0 Å². The second-order valence-electron chi connectivity index (χ2n) is 3.88. The monoisotopic (exact) mass is 264 g/mol. The Labute approximate surface area is 104 Å². The summed E-state index contributed by atoms with van der Waals surface area (Å²) >= 11 is 0. The van der Waals surface area contributed by atoms with Crippen molar-refractivity contribution in [3.8, 4) is 0 Å². The van der Waals surface area contributed by atoms with Gasteiger partial charge < -0.3 is 14.4 Å². The van der Waals surface area contributed by atoms with Crippen LogP contribution in [-0.2, 0) is 11.2 Å². The summed E-state index contributed by atoms with van der Waals surface area (Å²) in [5.74, 6) is 0.341. The highest BCUT2D eigenvalue weighted by Crippen LogP contribution is 2.20. The van der Waals surface area contributed by atoms with E-state index in [1.54, 1.807) is 0 Å². The van der Waals surface area contributed by atoms with Crippen LogP contribution in [0.4, 0.5) is 8.78 Å². The van der Waals surface area contributed by atoms with Crippen molar-refractivity contribution in [1.82, 2.24) is 10.1 Å². The van der Waals surface area contributed by atoms with Crippen LogP contribution in [0.5, 0.6) is 0 Å². The van der Waals surface area contributed by atoms with Crippen LogP contribution < -0.4 is 0 Å². The largest absolute Gasteiger partial charge is 0.387 e. The van der Waals surface area contributed by atoms with Crippen LogP contribution in [0.2, 0.25) is 0 Å². The van der Waals surface area contributed by atoms with E-state index in [1.807, 2.05) is 13.8 Å². The number of aromatic nitrogens is 2. The van der Waals surface area contributed by atoms with Crippen molar-refractivity contribution >= 4 is 0 Å². The third kappa shape index (κ3) is 4.30. The summed E-state index contributed by atoms with van der Waals surface area (Å²) in [4.78, 5) is 3.97. The van der Waals surface area contributed by atoms with Crippen molar-refractivity contribution in [3.05, 3.63) is 11.7 Å². The average Bonchev–Trinajstić information content (AvgIpc) is 2.77. The zero-order valence-electron chi connectivity index (χ0n) is 10.5. The van der Waals surface area contributed by atoms with Gasteiger partial charge in [0.25, 0.3) is 6.43 Å². The van der Waals surface area contributed by atoms with E-state index >= 15 is 0 Å². The molecule has 7 heteroatoms. The minimum Gasteiger partial charge on any atom is -0.387 e. The van der Waals surface area contributed by atoms with Gasteiger partial charge in [0.2, 0.25) is 11.7 Å². The van der Waals surface area contributed by atoms with Crippen LogP contribution in [-0.4, -0.2) is 34.4 Å². The number of hydrogen-bond acceptors (Lipinski definition) is 5. The molecule has 5 nitrogen and oxygen atoms in total. The molecule has 0 aliphatic heterocycles. The molecule has 0 spiro atoms. The predicted octanol–water partition coefficient (Wildman–Crippen LogP) is 2.12. The molecular formula is C11H18F2N2O3. The molecule has 104 valence electrons. The van der Waals surface area contributed by atoms with Crippen molar-refractivity contribution in [2.45, 2.75) is 51.7 Å². The topological polar surface area (TPSA) is 68.4 Å². The number of aliphatic hydroxyl groups excluding tert-OH is 1. The van der Waals surface area contributed by atoms with E-state index in [0.717, 1.165) is 12.8 Å². The third-order valence-corrected chi connectivity index (χ3v) is 2.37. The quantitative estimate of drug-likeness (QED) is 0.778. The fourth-order valence-electron chi connectivity index (χ4n) is 1.50. The molecule has 1 N–H and O–H groups in total. The maximum absolute atomic E-state index is 12.2. The molecule has 0 bridgehead atoms. The zero-order valence-corrected chi connectivity index (χ0v) is 10.5. The predicted molar refractivity (Wildman–Crippen MR) is 59.3 cm³/mol. The third-order valence-electron chi connectivity index (χ3n) is 2.37. The Balaban J connectivity index is 2.65. The van der Waals surface area contributed by atoms with E-state index in [9.17, 15) is 8.78 Å². The van der Waals surface area contributed by atoms with E-state index in [1.165, 1.54) is 0 Å². The molecule has 18 heavy (non-hydrogen) atoms. The van der Waals surface area contributed by atoms with Crippen molar-refractivity contribution < 1.29 is 23.1 Å². The van der Waals surface area contributed by atoms with Gasteiger partial charge in [0.1, 0.15) is 12.2 Å². The van der Waals surface area contributed by atoms with Gasteiger partial charge in [-0.1, -0.05) is 18.5 Å². The number of aliphatic hydroxyl groups is 1. The molecule has 2 atom stereocenters. The van der Waals surface area contributed by atoms with E-state index in [2.05, 4.69) is 10.1 Å². The average molecular weight is 264 g/mol. The summed E-state index contributed by atoms with van der Waals surface area (Å²) in [6.45, 7) is 4.35. The van der Waals surface area contributed by atoms with Crippen molar-refractivity contribution in [2.24, 2.45) is 0 Å². The van der Waals surface area contributed by atoms with Crippen LogP contribution in [0, 0.1) is 0 Å². The van der Waals surface area contributed by atoms with Gasteiger partial charge in [0.15, 0.2) is 0 Å². The lowest BCUT2D eigenvalue weighted by atomic mass is 10.2. The van der Waals surface area contributed by atoms with E-state index in [-0.39, 0.29) is 18.4 Å². The molecule has 1 aromatic heterocycles. The lowest BCUT2D eigenvalue weighted by Gasteiger charge is -2.11. The number of hydrogen-bond donors (Lipinski definition) is 1. The summed E-state index contributed by atoms with van der Waals surface area (Å²) in [5, 5.41) is 12.7. The molecule has 0 amide bonds. The van der Waals surface area contributed by atoms with Crippen LogP contribution in [0.25, 0.3) is 0 Å². The molecule has 0 radical (unpaired) electrons. The minimum absolute atomic E-state index is 0.00129. The second kappa shape index (κ2) is 7.38. The van der Waals surface area contributed by atoms with Crippen LogP contribution in [0.1, 0.15) is 44.5 Å². The summed E-state index contributed by atoms with van der Waals surface area (Å²) in [6.07, 6.45) is -3.64. The first kappa shape index (κ1) is 15.0. The van der Waals surface area contributed by atoms with E-state index < -0.39 is 12.5 Å². The molecule has 0 aromatic carbocycles. The van der Waals surface area contributed by atoms with Crippen molar-refractivity contribution in [3.63, 3.8) is 0 Å². The molecule has 0 fully saturated rings. The summed E-state index contributed by atoms with van der Waals surface area (Å²) in [7, 11) is 0. The van der Waals surface area contributed by atoms with Gasteiger partial charge in [-0.25, -0.2) is 8.78 Å². The highest BCUT2D eigenvalue weighted by atomic mass is 19.3. The Morgan fingerprint density at radius 2 is 2.11 bits per heavy atom. The van der Waals surface area contributed by atoms with Crippen LogP contribution in [0.3, 0.4) is 0 Å². The maximum atomic E-state index is 12.2. The van der Waals surface area contributed by atoms with Gasteiger partial charge in [-0.15, -0.1) is 0 Å². The number of rotatable bonds is 8. The van der Waals surface area contributed by atoms with Gasteiger partial charge in [-0.2, -0.15) is 4.98 Å². The molecule has 0 aliphatic rings. The van der Waals surface area contributed by atoms with Gasteiger partial charge in [-0.05, 0) is 13.3 Å². The summed E-state index contributed by atoms with van der Waals surface area (Å²) < 4.78 is 34.6. The maximum Gasteiger partial charge on any atom is 0.264 e. The highest BCUT2D eigenvalue weighted by molar-refractivity contribution is 4.92. The number of alkyl halides is 2. The Morgan fingerprint density at radius 1 is 1.39 bits per heavy atom. The Morgan fingerprint density at radius 3 is 2.67 bits per heavy atom. The standard InChI is InChI=1S/C11H18F2N2O3/c1-3-5-8(17-4-2)11-14-9(18-15-11)6-7(16)10(12)13/h7-8,10,16H,3-6H2,1-2H3. The fraction of sp³-hybridized carbons (Fsp3) is 0.818. The molecule has 0 saturated carbocycles. The fourth-order valence-corrected chi connectivity index (χ4v) is 1.50. The first-order valence-electron chi connectivity index (χ1n) is 5.98. The van der Waals surface area contributed by atoms with Crippen LogP contribution >= 0.6 is 0 Å². The van der Waals surface area contributed by atoms with Gasteiger partial charge in [0, 0.05) is 6.61 Å². The normalized spacial score (nSPS) is 15.0. The van der Waals surface area contributed by atoms with Crippen molar-refractivity contribution in [2.75, 3.05) is 6.61 Å².